The summed E-state index contributed by atoms with van der Waals surface area (Å²) in [4.78, 5) is 37.0. The molecule has 3 aromatic rings. The Bertz CT molecular complexity index is 1580. The van der Waals surface area contributed by atoms with E-state index in [2.05, 4.69) is 37.4 Å². The van der Waals surface area contributed by atoms with Crippen molar-refractivity contribution < 1.29 is 14.3 Å². The Kier molecular flexibility index (Phi) is 10.9. The van der Waals surface area contributed by atoms with Crippen LogP contribution >= 0.6 is 11.6 Å². The number of allylic oxidation sites excluding steroid dienone is 3. The predicted molar refractivity (Wildman–Crippen MR) is 172 cm³/mol. The molecule has 0 bridgehead atoms. The molecule has 1 aliphatic heterocycles. The van der Waals surface area contributed by atoms with Crippen molar-refractivity contribution in [3.05, 3.63) is 102 Å². The van der Waals surface area contributed by atoms with E-state index in [1.807, 2.05) is 53.4 Å². The summed E-state index contributed by atoms with van der Waals surface area (Å²) >= 11 is 6.42. The molecular formula is C32H36ClN7O3. The van der Waals surface area contributed by atoms with Gasteiger partial charge in [-0.05, 0) is 42.0 Å². The van der Waals surface area contributed by atoms with Crippen molar-refractivity contribution in [3.63, 3.8) is 0 Å². The van der Waals surface area contributed by atoms with Crippen LogP contribution in [0.4, 0.5) is 17.5 Å². The number of halogens is 1. The van der Waals surface area contributed by atoms with E-state index in [1.54, 1.807) is 26.0 Å². The lowest BCUT2D eigenvalue weighted by Gasteiger charge is -2.33. The molecule has 0 radical (unpaired) electrons. The molecule has 224 valence electrons. The lowest BCUT2D eigenvalue weighted by atomic mass is 10.1. The molecule has 0 aliphatic carbocycles. The third-order valence-electron chi connectivity index (χ3n) is 6.81. The van der Waals surface area contributed by atoms with Gasteiger partial charge in [0, 0.05) is 57.1 Å². The lowest BCUT2D eigenvalue weighted by molar-refractivity contribution is -0.130. The molecule has 2 aromatic carbocycles. The van der Waals surface area contributed by atoms with Gasteiger partial charge in [-0.25, -0.2) is 4.98 Å². The maximum Gasteiger partial charge on any atom is 0.247 e. The summed E-state index contributed by atoms with van der Waals surface area (Å²) in [7, 11) is 1.52. The number of nitrogens with one attached hydrogen (secondary N) is 3. The average Bonchev–Trinajstić information content (AvgIpc) is 2.99. The van der Waals surface area contributed by atoms with E-state index in [4.69, 9.17) is 16.3 Å². The van der Waals surface area contributed by atoms with E-state index in [9.17, 15) is 9.59 Å². The van der Waals surface area contributed by atoms with Gasteiger partial charge in [0.15, 0.2) is 5.82 Å². The number of carbonyl (C=O) groups excluding carboxylic acids is 2. The molecular weight excluding hydrogens is 566 g/mol. The van der Waals surface area contributed by atoms with E-state index in [0.717, 1.165) is 29.5 Å². The van der Waals surface area contributed by atoms with Gasteiger partial charge < -0.3 is 25.6 Å². The number of amides is 2. The van der Waals surface area contributed by atoms with Gasteiger partial charge in [0.05, 0.1) is 19.0 Å². The molecule has 10 nitrogen and oxygen atoms in total. The van der Waals surface area contributed by atoms with Gasteiger partial charge >= 0.3 is 0 Å². The Balaban J connectivity index is 1.42. The third kappa shape index (κ3) is 8.91. The number of ether oxygens (including phenoxy) is 1. The van der Waals surface area contributed by atoms with Crippen LogP contribution in [0.5, 0.6) is 0 Å². The van der Waals surface area contributed by atoms with Crippen LogP contribution in [0, 0.1) is 0 Å². The molecule has 0 unspecified atom stereocenters. The number of hydrogen-bond donors (Lipinski definition) is 3. The highest BCUT2D eigenvalue weighted by atomic mass is 35.5. The van der Waals surface area contributed by atoms with Gasteiger partial charge in [-0.15, -0.1) is 0 Å². The molecule has 0 spiro atoms. The first-order valence-electron chi connectivity index (χ1n) is 13.9. The molecule has 0 atom stereocenters. The second-order valence-corrected chi connectivity index (χ2v) is 10.3. The standard InChI is InChI=1S/C32H36ClN7O3/c1-5-29(43-4)28(19-22(2)35-30(42)11-8-14-39-15-17-40(18-16-39)23(3)41)37-32-34-21-27(33)31(38-32)36-26-13-12-24-9-6-7-10-25(24)20-26/h5-13,19-21H,1,14-18H2,2-4H3,(H,35,42)(H2,34,36,37,38)/b11-8+,22-19+,29-28-. The first kappa shape index (κ1) is 31.3. The van der Waals surface area contributed by atoms with E-state index >= 15 is 0 Å². The highest BCUT2D eigenvalue weighted by Gasteiger charge is 2.17. The fourth-order valence-corrected chi connectivity index (χ4v) is 4.69. The fraction of sp³-hybridized carbons (Fsp3) is 0.250. The van der Waals surface area contributed by atoms with Gasteiger partial charge in [0.1, 0.15) is 10.8 Å². The van der Waals surface area contributed by atoms with Crippen LogP contribution in [0.2, 0.25) is 5.02 Å². The number of rotatable bonds is 11. The third-order valence-corrected chi connectivity index (χ3v) is 7.08. The van der Waals surface area contributed by atoms with Crippen LogP contribution in [0.25, 0.3) is 10.8 Å². The molecule has 1 aromatic heterocycles. The van der Waals surface area contributed by atoms with Crippen molar-refractivity contribution in [3.8, 4) is 0 Å². The minimum atomic E-state index is -0.266. The number of benzene rings is 2. The van der Waals surface area contributed by atoms with E-state index < -0.39 is 0 Å². The number of fused-ring (bicyclic) bond motifs is 1. The van der Waals surface area contributed by atoms with Gasteiger partial charge in [0.2, 0.25) is 17.8 Å². The van der Waals surface area contributed by atoms with E-state index in [1.165, 1.54) is 19.4 Å². The smallest absolute Gasteiger partial charge is 0.247 e. The topological polar surface area (TPSA) is 112 Å². The zero-order chi connectivity index (χ0) is 30.8. The van der Waals surface area contributed by atoms with Crippen LogP contribution in [-0.2, 0) is 14.3 Å². The minimum absolute atomic E-state index is 0.0913. The van der Waals surface area contributed by atoms with Gasteiger partial charge in [-0.2, -0.15) is 4.98 Å². The maximum atomic E-state index is 12.6. The average molecular weight is 602 g/mol. The molecule has 4 rings (SSSR count). The normalized spacial score (nSPS) is 14.8. The molecule has 3 N–H and O–H groups in total. The molecule has 1 fully saturated rings. The lowest BCUT2D eigenvalue weighted by Crippen LogP contribution is -2.47. The van der Waals surface area contributed by atoms with Crippen LogP contribution in [0.3, 0.4) is 0 Å². The minimum Gasteiger partial charge on any atom is -0.495 e. The van der Waals surface area contributed by atoms with Crippen LogP contribution < -0.4 is 16.0 Å². The summed E-state index contributed by atoms with van der Waals surface area (Å²) in [5.41, 5.74) is 1.88. The molecule has 0 saturated carbocycles. The van der Waals surface area contributed by atoms with Crippen molar-refractivity contribution in [2.75, 3.05) is 50.5 Å². The zero-order valence-electron chi connectivity index (χ0n) is 24.6. The maximum absolute atomic E-state index is 12.6. The van der Waals surface area contributed by atoms with Crippen molar-refractivity contribution in [2.24, 2.45) is 0 Å². The highest BCUT2D eigenvalue weighted by molar-refractivity contribution is 6.32. The second-order valence-electron chi connectivity index (χ2n) is 9.91. The number of methoxy groups -OCH3 is 1. The number of nitrogens with zero attached hydrogens (tertiary/aromatic N) is 4. The molecule has 11 heteroatoms. The predicted octanol–water partition coefficient (Wildman–Crippen LogP) is 5.22. The number of hydrogen-bond acceptors (Lipinski definition) is 8. The highest BCUT2D eigenvalue weighted by Crippen LogP contribution is 2.27. The van der Waals surface area contributed by atoms with Crippen molar-refractivity contribution in [1.82, 2.24) is 25.1 Å². The van der Waals surface area contributed by atoms with Gasteiger partial charge in [-0.3, -0.25) is 14.5 Å². The molecule has 1 saturated heterocycles. The Morgan fingerprint density at radius 1 is 1.09 bits per heavy atom. The summed E-state index contributed by atoms with van der Waals surface area (Å²) in [6.45, 7) is 10.7. The van der Waals surface area contributed by atoms with Gasteiger partial charge in [-0.1, -0.05) is 54.6 Å². The Hall–Kier alpha value is -4.67. The van der Waals surface area contributed by atoms with Gasteiger partial charge in [0.25, 0.3) is 0 Å². The number of piperazine rings is 1. The molecule has 2 amide bonds. The summed E-state index contributed by atoms with van der Waals surface area (Å²) in [6, 6.07) is 14.1. The SMILES string of the molecule is C=C/C(OC)=C(\C=C(/C)NC(=O)/C=C/CN1CCN(C(C)=O)CC1)Nc1ncc(Cl)c(Nc2ccc3ccccc3c2)n1. The number of aromatic nitrogens is 2. The Morgan fingerprint density at radius 3 is 2.53 bits per heavy atom. The monoisotopic (exact) mass is 601 g/mol. The summed E-state index contributed by atoms with van der Waals surface area (Å²) in [6.07, 6.45) is 8.08. The van der Waals surface area contributed by atoms with Crippen LogP contribution in [-0.4, -0.2) is 71.4 Å². The van der Waals surface area contributed by atoms with Crippen molar-refractivity contribution in [2.45, 2.75) is 13.8 Å². The Labute approximate surface area is 256 Å². The van der Waals surface area contributed by atoms with E-state index in [0.29, 0.717) is 47.6 Å². The molecule has 43 heavy (non-hydrogen) atoms. The number of anilines is 3. The first-order chi connectivity index (χ1) is 20.7. The zero-order valence-corrected chi connectivity index (χ0v) is 25.3. The van der Waals surface area contributed by atoms with Crippen LogP contribution in [0.1, 0.15) is 13.8 Å². The molecule has 1 aliphatic rings. The van der Waals surface area contributed by atoms with Crippen molar-refractivity contribution >= 4 is 51.6 Å². The van der Waals surface area contributed by atoms with E-state index in [-0.39, 0.29) is 17.8 Å². The largest absolute Gasteiger partial charge is 0.495 e. The molecule has 2 heterocycles. The summed E-state index contributed by atoms with van der Waals surface area (Å²) in [5.74, 6) is 0.940. The summed E-state index contributed by atoms with van der Waals surface area (Å²) < 4.78 is 5.49. The van der Waals surface area contributed by atoms with Crippen molar-refractivity contribution in [1.29, 1.82) is 0 Å². The summed E-state index contributed by atoms with van der Waals surface area (Å²) in [5, 5.41) is 11.8. The second kappa shape index (κ2) is 15.0. The van der Waals surface area contributed by atoms with Crippen LogP contribution in [0.15, 0.2) is 96.7 Å². The first-order valence-corrected chi connectivity index (χ1v) is 14.2. The number of carbonyl (C=O) groups is 2. The Morgan fingerprint density at radius 2 is 1.84 bits per heavy atom. The quantitative estimate of drug-likeness (QED) is 0.156. The fourth-order valence-electron chi connectivity index (χ4n) is 4.55.